The number of carbonyl (C=O) groups is 1. The van der Waals surface area contributed by atoms with Crippen LogP contribution in [0, 0.1) is 6.92 Å². The van der Waals surface area contributed by atoms with Crippen molar-refractivity contribution in [2.75, 3.05) is 13.6 Å². The Morgan fingerprint density at radius 1 is 1.26 bits per heavy atom. The molecular weight excluding hydrogens is 316 g/mol. The Morgan fingerprint density at radius 3 is 2.65 bits per heavy atom. The molecule has 0 aliphatic carbocycles. The lowest BCUT2D eigenvalue weighted by Crippen LogP contribution is -2.27. The second-order valence-electron chi connectivity index (χ2n) is 5.35. The minimum atomic E-state index is -3.69. The van der Waals surface area contributed by atoms with Gasteiger partial charge in [-0.1, -0.05) is 36.8 Å². The van der Waals surface area contributed by atoms with Crippen LogP contribution in [0.5, 0.6) is 0 Å². The standard InChI is InChI=1S/C16H20N2O4S/c1-11-5-4-6-13(9-11)12(2)10-18-16(19)14-7-8-15(22-14)23(20,21)17-3/h4-9,12,17H,10H2,1-3H3,(H,18,19). The van der Waals surface area contributed by atoms with E-state index in [1.165, 1.54) is 19.2 Å². The van der Waals surface area contributed by atoms with Gasteiger partial charge in [0.15, 0.2) is 5.76 Å². The predicted molar refractivity (Wildman–Crippen MR) is 86.9 cm³/mol. The Hall–Kier alpha value is -2.12. The highest BCUT2D eigenvalue weighted by atomic mass is 32.2. The van der Waals surface area contributed by atoms with Gasteiger partial charge in [0, 0.05) is 6.54 Å². The molecule has 1 amide bonds. The molecule has 0 aliphatic heterocycles. The summed E-state index contributed by atoms with van der Waals surface area (Å²) in [5.74, 6) is -0.341. The van der Waals surface area contributed by atoms with Gasteiger partial charge < -0.3 is 9.73 Å². The first-order valence-electron chi connectivity index (χ1n) is 7.21. The molecule has 0 aliphatic rings. The third-order valence-corrected chi connectivity index (χ3v) is 4.81. The number of nitrogens with one attached hydrogen (secondary N) is 2. The molecule has 1 aromatic carbocycles. The number of aryl methyl sites for hydroxylation is 1. The zero-order valence-electron chi connectivity index (χ0n) is 13.3. The van der Waals surface area contributed by atoms with Gasteiger partial charge in [0.05, 0.1) is 0 Å². The van der Waals surface area contributed by atoms with Crippen LogP contribution >= 0.6 is 0 Å². The minimum Gasteiger partial charge on any atom is -0.438 e. The lowest BCUT2D eigenvalue weighted by molar-refractivity contribution is 0.0918. The Bertz CT molecular complexity index is 796. The van der Waals surface area contributed by atoms with E-state index in [1.807, 2.05) is 32.0 Å². The normalized spacial score (nSPS) is 12.8. The Labute approximate surface area is 135 Å². The fourth-order valence-corrected chi connectivity index (χ4v) is 2.76. The average molecular weight is 336 g/mol. The molecule has 6 nitrogen and oxygen atoms in total. The maximum atomic E-state index is 12.1. The van der Waals surface area contributed by atoms with Crippen LogP contribution < -0.4 is 10.0 Å². The molecule has 0 fully saturated rings. The first-order valence-corrected chi connectivity index (χ1v) is 8.70. The van der Waals surface area contributed by atoms with Crippen LogP contribution in [0.3, 0.4) is 0 Å². The molecule has 2 aromatic rings. The lowest BCUT2D eigenvalue weighted by Gasteiger charge is -2.13. The van der Waals surface area contributed by atoms with Crippen LogP contribution in [0.15, 0.2) is 45.9 Å². The second kappa shape index (κ2) is 6.97. The zero-order chi connectivity index (χ0) is 17.0. The summed E-state index contributed by atoms with van der Waals surface area (Å²) in [5.41, 5.74) is 2.29. The van der Waals surface area contributed by atoms with E-state index >= 15 is 0 Å². The smallest absolute Gasteiger partial charge is 0.287 e. The molecule has 1 aromatic heterocycles. The molecule has 0 saturated heterocycles. The number of rotatable bonds is 6. The SMILES string of the molecule is CNS(=O)(=O)c1ccc(C(=O)NCC(C)c2cccc(C)c2)o1. The number of carbonyl (C=O) groups excluding carboxylic acids is 1. The number of sulfonamides is 1. The van der Waals surface area contributed by atoms with Crippen molar-refractivity contribution in [3.05, 3.63) is 53.3 Å². The van der Waals surface area contributed by atoms with Gasteiger partial charge in [0.2, 0.25) is 5.09 Å². The summed E-state index contributed by atoms with van der Waals surface area (Å²) in [6.45, 7) is 4.45. The largest absolute Gasteiger partial charge is 0.438 e. The highest BCUT2D eigenvalue weighted by Gasteiger charge is 2.19. The highest BCUT2D eigenvalue weighted by Crippen LogP contribution is 2.17. The van der Waals surface area contributed by atoms with E-state index in [0.717, 1.165) is 11.1 Å². The molecule has 0 spiro atoms. The molecule has 2 rings (SSSR count). The summed E-state index contributed by atoms with van der Waals surface area (Å²) >= 11 is 0. The average Bonchev–Trinajstić information content (AvgIpc) is 3.03. The number of hydrogen-bond donors (Lipinski definition) is 2. The Balaban J connectivity index is 2.00. The van der Waals surface area contributed by atoms with Crippen LogP contribution in [0.25, 0.3) is 0 Å². The molecule has 0 bridgehead atoms. The number of benzene rings is 1. The maximum Gasteiger partial charge on any atom is 0.287 e. The van der Waals surface area contributed by atoms with E-state index in [2.05, 4.69) is 16.1 Å². The quantitative estimate of drug-likeness (QED) is 0.845. The molecule has 7 heteroatoms. The molecule has 0 saturated carbocycles. The molecular formula is C16H20N2O4S. The van der Waals surface area contributed by atoms with Crippen LogP contribution in [-0.2, 0) is 10.0 Å². The fourth-order valence-electron chi connectivity index (χ4n) is 2.11. The van der Waals surface area contributed by atoms with Crippen LogP contribution in [-0.4, -0.2) is 27.9 Å². The molecule has 124 valence electrons. The van der Waals surface area contributed by atoms with Crippen molar-refractivity contribution >= 4 is 15.9 Å². The molecule has 1 unspecified atom stereocenters. The first-order chi connectivity index (χ1) is 10.8. The fraction of sp³-hybridized carbons (Fsp3) is 0.312. The van der Waals surface area contributed by atoms with E-state index in [-0.39, 0.29) is 16.8 Å². The van der Waals surface area contributed by atoms with Crippen molar-refractivity contribution in [1.82, 2.24) is 10.0 Å². The molecule has 1 heterocycles. The molecule has 1 atom stereocenters. The monoisotopic (exact) mass is 336 g/mol. The van der Waals surface area contributed by atoms with Gasteiger partial charge in [-0.05, 0) is 37.6 Å². The van der Waals surface area contributed by atoms with E-state index in [0.29, 0.717) is 6.54 Å². The number of hydrogen-bond acceptors (Lipinski definition) is 4. The summed E-state index contributed by atoms with van der Waals surface area (Å²) in [7, 11) is -2.41. The molecule has 2 N–H and O–H groups in total. The van der Waals surface area contributed by atoms with Gasteiger partial charge in [-0.2, -0.15) is 0 Å². The molecule has 23 heavy (non-hydrogen) atoms. The zero-order valence-corrected chi connectivity index (χ0v) is 14.1. The van der Waals surface area contributed by atoms with Gasteiger partial charge >= 0.3 is 0 Å². The Kier molecular flexibility index (Phi) is 5.23. The van der Waals surface area contributed by atoms with E-state index < -0.39 is 15.9 Å². The predicted octanol–water partition coefficient (Wildman–Crippen LogP) is 2.03. The number of amides is 1. The van der Waals surface area contributed by atoms with Crippen molar-refractivity contribution in [3.63, 3.8) is 0 Å². The second-order valence-corrected chi connectivity index (χ2v) is 7.17. The summed E-state index contributed by atoms with van der Waals surface area (Å²) < 4.78 is 30.4. The first kappa shape index (κ1) is 17.2. The van der Waals surface area contributed by atoms with Crippen LogP contribution in [0.2, 0.25) is 0 Å². The van der Waals surface area contributed by atoms with Gasteiger partial charge in [0.25, 0.3) is 15.9 Å². The van der Waals surface area contributed by atoms with Gasteiger partial charge in [0.1, 0.15) is 0 Å². The van der Waals surface area contributed by atoms with Crippen molar-refractivity contribution in [3.8, 4) is 0 Å². The Morgan fingerprint density at radius 2 is 2.00 bits per heavy atom. The van der Waals surface area contributed by atoms with Gasteiger partial charge in [-0.15, -0.1) is 0 Å². The van der Waals surface area contributed by atoms with E-state index in [4.69, 9.17) is 4.42 Å². The van der Waals surface area contributed by atoms with Crippen LogP contribution in [0.4, 0.5) is 0 Å². The molecule has 0 radical (unpaired) electrons. The summed E-state index contributed by atoms with van der Waals surface area (Å²) in [5, 5.41) is 2.47. The summed E-state index contributed by atoms with van der Waals surface area (Å²) in [4.78, 5) is 12.1. The van der Waals surface area contributed by atoms with Crippen molar-refractivity contribution in [2.45, 2.75) is 24.9 Å². The van der Waals surface area contributed by atoms with Crippen molar-refractivity contribution < 1.29 is 17.6 Å². The van der Waals surface area contributed by atoms with Gasteiger partial charge in [-0.3, -0.25) is 4.79 Å². The topological polar surface area (TPSA) is 88.4 Å². The van der Waals surface area contributed by atoms with Crippen molar-refractivity contribution in [2.24, 2.45) is 0 Å². The third-order valence-electron chi connectivity index (χ3n) is 3.52. The highest BCUT2D eigenvalue weighted by molar-refractivity contribution is 7.89. The van der Waals surface area contributed by atoms with E-state index in [1.54, 1.807) is 0 Å². The van der Waals surface area contributed by atoms with Gasteiger partial charge in [-0.25, -0.2) is 13.1 Å². The maximum absolute atomic E-state index is 12.1. The minimum absolute atomic E-state index is 0.0322. The van der Waals surface area contributed by atoms with Crippen LogP contribution in [0.1, 0.15) is 34.5 Å². The summed E-state index contributed by atoms with van der Waals surface area (Å²) in [6.07, 6.45) is 0. The van der Waals surface area contributed by atoms with E-state index in [9.17, 15) is 13.2 Å². The summed E-state index contributed by atoms with van der Waals surface area (Å²) in [6, 6.07) is 10.7. The lowest BCUT2D eigenvalue weighted by atomic mass is 9.99. The number of furan rings is 1. The van der Waals surface area contributed by atoms with Crippen molar-refractivity contribution in [1.29, 1.82) is 0 Å². The third kappa shape index (κ3) is 4.20.